The van der Waals surface area contributed by atoms with E-state index in [9.17, 15) is 14.0 Å². The molecule has 2 aromatic heterocycles. The number of carbonyl (C=O) groups is 1. The Morgan fingerprint density at radius 3 is 2.96 bits per heavy atom. The van der Waals surface area contributed by atoms with Crippen LogP contribution in [-0.2, 0) is 11.2 Å². The average Bonchev–Trinajstić information content (AvgIpc) is 3.23. The number of rotatable bonds is 3. The van der Waals surface area contributed by atoms with E-state index in [1.165, 1.54) is 16.6 Å². The van der Waals surface area contributed by atoms with Crippen molar-refractivity contribution in [1.29, 1.82) is 0 Å². The van der Waals surface area contributed by atoms with E-state index in [0.717, 1.165) is 12.1 Å². The Bertz CT molecular complexity index is 1040. The molecule has 1 unspecified atom stereocenters. The van der Waals surface area contributed by atoms with E-state index in [0.29, 0.717) is 30.0 Å². The van der Waals surface area contributed by atoms with Crippen LogP contribution in [0, 0.1) is 12.7 Å². The Morgan fingerprint density at radius 2 is 2.15 bits per heavy atom. The summed E-state index contributed by atoms with van der Waals surface area (Å²) >= 11 is 0. The van der Waals surface area contributed by atoms with Gasteiger partial charge in [-0.05, 0) is 25.0 Å². The number of likely N-dealkylation sites (tertiary alicyclic amines) is 1. The van der Waals surface area contributed by atoms with Gasteiger partial charge in [-0.25, -0.2) is 13.9 Å². The first-order chi connectivity index (χ1) is 12.5. The van der Waals surface area contributed by atoms with Crippen LogP contribution in [0.5, 0.6) is 0 Å². The van der Waals surface area contributed by atoms with Gasteiger partial charge in [0.25, 0.3) is 5.56 Å². The second-order valence-electron chi connectivity index (χ2n) is 6.73. The lowest BCUT2D eigenvalue weighted by Gasteiger charge is -2.16. The van der Waals surface area contributed by atoms with E-state index < -0.39 is 0 Å². The molecule has 1 aromatic carbocycles. The summed E-state index contributed by atoms with van der Waals surface area (Å²) in [6.45, 7) is 2.95. The fourth-order valence-electron chi connectivity index (χ4n) is 3.50. The molecule has 1 N–H and O–H groups in total. The molecule has 3 heterocycles. The largest absolute Gasteiger partial charge is 0.342 e. The number of aromatic nitrogens is 3. The Morgan fingerprint density at radius 1 is 1.35 bits per heavy atom. The molecule has 1 saturated heterocycles. The number of H-pyrrole nitrogens is 1. The van der Waals surface area contributed by atoms with Crippen LogP contribution in [-0.4, -0.2) is 38.5 Å². The second-order valence-corrected chi connectivity index (χ2v) is 6.73. The summed E-state index contributed by atoms with van der Waals surface area (Å²) in [6, 6.07) is 9.69. The topological polar surface area (TPSA) is 70.5 Å². The number of nitrogens with one attached hydrogen (secondary N) is 1. The van der Waals surface area contributed by atoms with Crippen LogP contribution in [0.3, 0.4) is 0 Å². The molecule has 0 aliphatic carbocycles. The molecule has 1 aliphatic heterocycles. The number of aryl methyl sites for hydroxylation is 1. The second kappa shape index (κ2) is 6.40. The molecule has 0 bridgehead atoms. The molecular formula is C19H19FN4O2. The van der Waals surface area contributed by atoms with Gasteiger partial charge >= 0.3 is 0 Å². The van der Waals surface area contributed by atoms with Crippen molar-refractivity contribution in [1.82, 2.24) is 19.5 Å². The zero-order chi connectivity index (χ0) is 18.3. The van der Waals surface area contributed by atoms with Gasteiger partial charge in [0.2, 0.25) is 5.91 Å². The van der Waals surface area contributed by atoms with E-state index in [2.05, 4.69) is 10.1 Å². The van der Waals surface area contributed by atoms with Crippen LogP contribution in [0.25, 0.3) is 5.65 Å². The summed E-state index contributed by atoms with van der Waals surface area (Å²) in [5.41, 5.74) is 2.42. The van der Waals surface area contributed by atoms with E-state index in [4.69, 9.17) is 0 Å². The Labute approximate surface area is 149 Å². The van der Waals surface area contributed by atoms with Crippen LogP contribution >= 0.6 is 0 Å². The van der Waals surface area contributed by atoms with Crippen LogP contribution in [0.2, 0.25) is 0 Å². The maximum atomic E-state index is 13.8. The lowest BCUT2D eigenvalue weighted by Crippen LogP contribution is -2.30. The predicted molar refractivity (Wildman–Crippen MR) is 94.6 cm³/mol. The first kappa shape index (κ1) is 16.5. The Hall–Kier alpha value is -2.96. The summed E-state index contributed by atoms with van der Waals surface area (Å²) in [5, 5.41) is 3.10. The number of amides is 1. The molecule has 0 radical (unpaired) electrons. The van der Waals surface area contributed by atoms with Crippen molar-refractivity contribution in [3.63, 3.8) is 0 Å². The van der Waals surface area contributed by atoms with Gasteiger partial charge in [-0.2, -0.15) is 0 Å². The van der Waals surface area contributed by atoms with Crippen LogP contribution < -0.4 is 5.56 Å². The lowest BCUT2D eigenvalue weighted by atomic mass is 10.1. The van der Waals surface area contributed by atoms with E-state index >= 15 is 0 Å². The van der Waals surface area contributed by atoms with Crippen LogP contribution in [0.4, 0.5) is 4.39 Å². The smallest absolute Gasteiger partial charge is 0.272 e. The van der Waals surface area contributed by atoms with Gasteiger partial charge in [0, 0.05) is 42.5 Å². The highest BCUT2D eigenvalue weighted by molar-refractivity contribution is 5.79. The van der Waals surface area contributed by atoms with Crippen LogP contribution in [0.1, 0.15) is 29.3 Å². The average molecular weight is 354 g/mol. The number of nitrogens with zero attached hydrogens (tertiary/aromatic N) is 3. The molecule has 1 amide bonds. The van der Waals surface area contributed by atoms with Crippen molar-refractivity contribution < 1.29 is 9.18 Å². The minimum Gasteiger partial charge on any atom is -0.342 e. The first-order valence-electron chi connectivity index (χ1n) is 8.62. The summed E-state index contributed by atoms with van der Waals surface area (Å²) in [6.07, 6.45) is 0.857. The fraction of sp³-hybridized carbons (Fsp3) is 0.316. The van der Waals surface area contributed by atoms with E-state index in [1.807, 2.05) is 6.07 Å². The molecule has 3 aromatic rings. The number of carbonyl (C=O) groups excluding carboxylic acids is 1. The number of benzene rings is 1. The molecule has 26 heavy (non-hydrogen) atoms. The molecule has 7 heteroatoms. The highest BCUT2D eigenvalue weighted by Crippen LogP contribution is 2.27. The van der Waals surface area contributed by atoms with Crippen molar-refractivity contribution in [3.05, 3.63) is 69.5 Å². The van der Waals surface area contributed by atoms with Crippen molar-refractivity contribution in [2.75, 3.05) is 13.1 Å². The van der Waals surface area contributed by atoms with E-state index in [-0.39, 0.29) is 29.6 Å². The number of halogens is 1. The van der Waals surface area contributed by atoms with Gasteiger partial charge in [-0.3, -0.25) is 14.7 Å². The molecule has 1 aliphatic rings. The third-order valence-electron chi connectivity index (χ3n) is 4.88. The zero-order valence-corrected chi connectivity index (χ0v) is 14.4. The number of fused-ring (bicyclic) bond motifs is 1. The monoisotopic (exact) mass is 354 g/mol. The lowest BCUT2D eigenvalue weighted by molar-refractivity contribution is -0.129. The molecule has 1 fully saturated rings. The van der Waals surface area contributed by atoms with Crippen molar-refractivity contribution in [3.8, 4) is 0 Å². The van der Waals surface area contributed by atoms with Gasteiger partial charge in [0.15, 0.2) is 5.65 Å². The van der Waals surface area contributed by atoms with Crippen LogP contribution in [0.15, 0.2) is 41.2 Å². The molecule has 134 valence electrons. The molecule has 6 nitrogen and oxygen atoms in total. The Kier molecular flexibility index (Phi) is 4.06. The quantitative estimate of drug-likeness (QED) is 0.782. The van der Waals surface area contributed by atoms with Crippen molar-refractivity contribution in [2.24, 2.45) is 0 Å². The molecular weight excluding hydrogens is 335 g/mol. The van der Waals surface area contributed by atoms with Gasteiger partial charge in [-0.1, -0.05) is 18.2 Å². The number of aromatic amines is 1. The van der Waals surface area contributed by atoms with Gasteiger partial charge in [-0.15, -0.1) is 0 Å². The standard InChI is InChI=1S/C19H19FN4O2/c1-12-8-19(26)24-17(21-12)10-16(22-24)14-6-7-23(11-14)18(25)9-13-4-2-3-5-15(13)20/h2-5,8,10,14,22H,6-7,9,11H2,1H3. The van der Waals surface area contributed by atoms with Crippen molar-refractivity contribution in [2.45, 2.75) is 25.7 Å². The van der Waals surface area contributed by atoms with E-state index in [1.54, 1.807) is 30.0 Å². The van der Waals surface area contributed by atoms with Gasteiger partial charge < -0.3 is 4.90 Å². The van der Waals surface area contributed by atoms with Gasteiger partial charge in [0.1, 0.15) is 5.82 Å². The van der Waals surface area contributed by atoms with Gasteiger partial charge in [0.05, 0.1) is 6.42 Å². The summed E-state index contributed by atoms with van der Waals surface area (Å²) < 4.78 is 15.2. The first-order valence-corrected chi connectivity index (χ1v) is 8.62. The number of hydrogen-bond donors (Lipinski definition) is 1. The third-order valence-corrected chi connectivity index (χ3v) is 4.88. The highest BCUT2D eigenvalue weighted by Gasteiger charge is 2.29. The third kappa shape index (κ3) is 3.00. The maximum Gasteiger partial charge on any atom is 0.272 e. The maximum absolute atomic E-state index is 13.8. The SMILES string of the molecule is Cc1cc(=O)n2[nH]c(C3CCN(C(=O)Cc4ccccc4F)C3)cc2n1. The molecule has 0 spiro atoms. The molecule has 0 saturated carbocycles. The highest BCUT2D eigenvalue weighted by atomic mass is 19.1. The summed E-state index contributed by atoms with van der Waals surface area (Å²) in [4.78, 5) is 30.6. The Balaban J connectivity index is 1.50. The fourth-order valence-corrected chi connectivity index (χ4v) is 3.50. The summed E-state index contributed by atoms with van der Waals surface area (Å²) in [5.74, 6) is -0.325. The minimum atomic E-state index is -0.354. The molecule has 4 rings (SSSR count). The zero-order valence-electron chi connectivity index (χ0n) is 14.4. The number of hydrogen-bond acceptors (Lipinski definition) is 3. The normalized spacial score (nSPS) is 17.2. The molecule has 1 atom stereocenters. The summed E-state index contributed by atoms with van der Waals surface area (Å²) in [7, 11) is 0. The minimum absolute atomic E-state index is 0.0618. The van der Waals surface area contributed by atoms with Crippen molar-refractivity contribution >= 4 is 11.6 Å². The predicted octanol–water partition coefficient (Wildman–Crippen LogP) is 2.03.